The predicted octanol–water partition coefficient (Wildman–Crippen LogP) is 1.55. The molecule has 3 N–H and O–H groups in total. The summed E-state index contributed by atoms with van der Waals surface area (Å²) < 4.78 is 0. The van der Waals surface area contributed by atoms with Gasteiger partial charge in [0.25, 0.3) is 0 Å². The van der Waals surface area contributed by atoms with E-state index < -0.39 is 12.0 Å². The first-order valence-corrected chi connectivity index (χ1v) is 3.65. The molecule has 0 heterocycles. The van der Waals surface area contributed by atoms with Crippen molar-refractivity contribution in [2.24, 2.45) is 16.0 Å². The number of benzene rings is 1. The average molecular weight is 193 g/mol. The van der Waals surface area contributed by atoms with Crippen LogP contribution in [0.3, 0.4) is 0 Å². The summed E-state index contributed by atoms with van der Waals surface area (Å²) in [5.41, 5.74) is 4.79. The predicted molar refractivity (Wildman–Crippen MR) is 47.5 cm³/mol. The smallest absolute Gasteiger partial charge is 0.356 e. The molecule has 0 saturated heterocycles. The van der Waals surface area contributed by atoms with Crippen molar-refractivity contribution in [2.45, 2.75) is 0 Å². The van der Waals surface area contributed by atoms with Crippen LogP contribution in [0.5, 0.6) is 0 Å². The molecule has 14 heavy (non-hydrogen) atoms. The lowest BCUT2D eigenvalue weighted by molar-refractivity contribution is 0.0697. The number of amides is 2. The molecule has 6 heteroatoms. The zero-order valence-electron chi connectivity index (χ0n) is 7.04. The molecule has 0 atom stereocenters. The molecule has 0 aliphatic carbocycles. The summed E-state index contributed by atoms with van der Waals surface area (Å²) in [6, 6.07) is 4.95. The standard InChI is InChI=1S/C8H7N3O3/c9-8(14)11-10-6-4-2-1-3-5(6)7(12)13/h1-4H,(H2,9,14)(H,12,13). The van der Waals surface area contributed by atoms with Crippen LogP contribution in [-0.4, -0.2) is 17.1 Å². The van der Waals surface area contributed by atoms with Gasteiger partial charge in [-0.25, -0.2) is 9.59 Å². The summed E-state index contributed by atoms with van der Waals surface area (Å²) in [7, 11) is 0. The Hall–Kier alpha value is -2.24. The maximum atomic E-state index is 10.6. The number of hydrogen-bond donors (Lipinski definition) is 2. The molecule has 1 rings (SSSR count). The zero-order valence-corrected chi connectivity index (χ0v) is 7.04. The molecule has 1 aromatic carbocycles. The van der Waals surface area contributed by atoms with Crippen LogP contribution < -0.4 is 5.73 Å². The van der Waals surface area contributed by atoms with Crippen LogP contribution in [0, 0.1) is 0 Å². The van der Waals surface area contributed by atoms with Crippen LogP contribution in [0.2, 0.25) is 0 Å². The number of hydrogen-bond acceptors (Lipinski definition) is 3. The average Bonchev–Trinajstić information content (AvgIpc) is 2.15. The molecule has 0 radical (unpaired) electrons. The highest BCUT2D eigenvalue weighted by Gasteiger charge is 2.07. The van der Waals surface area contributed by atoms with Crippen LogP contribution in [0.1, 0.15) is 10.4 Å². The minimum absolute atomic E-state index is 0.0301. The number of nitrogens with two attached hydrogens (primary N) is 1. The number of carbonyl (C=O) groups is 2. The molecule has 2 amide bonds. The first-order valence-electron chi connectivity index (χ1n) is 3.65. The van der Waals surface area contributed by atoms with Gasteiger partial charge < -0.3 is 10.8 Å². The summed E-state index contributed by atoms with van der Waals surface area (Å²) in [5.74, 6) is -1.14. The molecule has 72 valence electrons. The van der Waals surface area contributed by atoms with Crippen molar-refractivity contribution in [1.29, 1.82) is 0 Å². The van der Waals surface area contributed by atoms with Gasteiger partial charge in [0.05, 0.1) is 5.56 Å². The minimum atomic E-state index is -1.14. The third-order valence-corrected chi connectivity index (χ3v) is 1.39. The van der Waals surface area contributed by atoms with Crippen LogP contribution in [0.15, 0.2) is 34.5 Å². The summed E-state index contributed by atoms with van der Waals surface area (Å²) in [4.78, 5) is 20.9. The van der Waals surface area contributed by atoms with Gasteiger partial charge in [0.2, 0.25) is 0 Å². The van der Waals surface area contributed by atoms with E-state index in [4.69, 9.17) is 10.8 Å². The van der Waals surface area contributed by atoms with Crippen molar-refractivity contribution in [3.05, 3.63) is 29.8 Å². The molecular weight excluding hydrogens is 186 g/mol. The normalized spacial score (nSPS) is 10.3. The number of urea groups is 1. The first kappa shape index (κ1) is 9.85. The quantitative estimate of drug-likeness (QED) is 0.695. The molecule has 0 bridgehead atoms. The maximum Gasteiger partial charge on any atom is 0.356 e. The fourth-order valence-electron chi connectivity index (χ4n) is 0.845. The van der Waals surface area contributed by atoms with Crippen molar-refractivity contribution >= 4 is 17.7 Å². The third kappa shape index (κ3) is 2.37. The Labute approximate surface area is 79.1 Å². The number of carboxylic acid groups (broad SMARTS) is 1. The largest absolute Gasteiger partial charge is 0.478 e. The van der Waals surface area contributed by atoms with Gasteiger partial charge in [-0.1, -0.05) is 17.2 Å². The summed E-state index contributed by atoms with van der Waals surface area (Å²) in [5, 5.41) is 15.1. The van der Waals surface area contributed by atoms with E-state index >= 15 is 0 Å². The minimum Gasteiger partial charge on any atom is -0.478 e. The van der Waals surface area contributed by atoms with Crippen LogP contribution >= 0.6 is 0 Å². The Morgan fingerprint density at radius 1 is 1.29 bits per heavy atom. The molecule has 0 spiro atoms. The van der Waals surface area contributed by atoms with Gasteiger partial charge in [-0.15, -0.1) is 5.11 Å². The van der Waals surface area contributed by atoms with Crippen molar-refractivity contribution in [3.8, 4) is 0 Å². The Bertz CT molecular complexity index is 401. The van der Waals surface area contributed by atoms with Gasteiger partial charge in [0, 0.05) is 0 Å². The molecule has 1 aromatic rings. The van der Waals surface area contributed by atoms with Gasteiger partial charge in [0.1, 0.15) is 5.69 Å². The molecule has 0 saturated carbocycles. The number of carbonyl (C=O) groups excluding carboxylic acids is 1. The monoisotopic (exact) mass is 193 g/mol. The van der Waals surface area contributed by atoms with Gasteiger partial charge >= 0.3 is 12.0 Å². The van der Waals surface area contributed by atoms with Gasteiger partial charge in [-0.2, -0.15) is 0 Å². The topological polar surface area (TPSA) is 105 Å². The van der Waals surface area contributed by atoms with E-state index in [1.807, 2.05) is 0 Å². The fourth-order valence-corrected chi connectivity index (χ4v) is 0.845. The zero-order chi connectivity index (χ0) is 10.6. The third-order valence-electron chi connectivity index (χ3n) is 1.39. The summed E-state index contributed by atoms with van der Waals surface area (Å²) in [6.07, 6.45) is 0. The van der Waals surface area contributed by atoms with E-state index in [-0.39, 0.29) is 11.3 Å². The van der Waals surface area contributed by atoms with E-state index in [0.717, 1.165) is 0 Å². The number of aromatic carboxylic acids is 1. The van der Waals surface area contributed by atoms with Crippen LogP contribution in [0.25, 0.3) is 0 Å². The SMILES string of the molecule is NC(=O)N=Nc1ccccc1C(=O)O. The molecule has 0 unspecified atom stereocenters. The number of primary amides is 1. The fraction of sp³-hybridized carbons (Fsp3) is 0. The second-order valence-electron chi connectivity index (χ2n) is 2.36. The Morgan fingerprint density at radius 3 is 2.50 bits per heavy atom. The molecule has 0 fully saturated rings. The Kier molecular flexibility index (Phi) is 2.90. The van der Waals surface area contributed by atoms with E-state index in [0.29, 0.717) is 0 Å². The first-order chi connectivity index (χ1) is 6.61. The van der Waals surface area contributed by atoms with E-state index in [2.05, 4.69) is 10.2 Å². The van der Waals surface area contributed by atoms with Crippen LogP contribution in [-0.2, 0) is 0 Å². The molecule has 0 aliphatic heterocycles. The Morgan fingerprint density at radius 2 is 1.93 bits per heavy atom. The highest BCUT2D eigenvalue weighted by molar-refractivity contribution is 5.93. The van der Waals surface area contributed by atoms with Gasteiger partial charge in [-0.05, 0) is 12.1 Å². The van der Waals surface area contributed by atoms with Gasteiger partial charge in [-0.3, -0.25) is 0 Å². The van der Waals surface area contributed by atoms with Crippen molar-refractivity contribution in [3.63, 3.8) is 0 Å². The van der Waals surface area contributed by atoms with E-state index in [1.165, 1.54) is 12.1 Å². The molecule has 6 nitrogen and oxygen atoms in total. The van der Waals surface area contributed by atoms with E-state index in [1.54, 1.807) is 12.1 Å². The highest BCUT2D eigenvalue weighted by Crippen LogP contribution is 2.18. The van der Waals surface area contributed by atoms with Crippen molar-refractivity contribution < 1.29 is 14.7 Å². The lowest BCUT2D eigenvalue weighted by Gasteiger charge is -1.96. The number of rotatable bonds is 2. The summed E-state index contributed by atoms with van der Waals surface area (Å²) >= 11 is 0. The van der Waals surface area contributed by atoms with Crippen LogP contribution in [0.4, 0.5) is 10.5 Å². The summed E-state index contributed by atoms with van der Waals surface area (Å²) in [6.45, 7) is 0. The van der Waals surface area contributed by atoms with E-state index in [9.17, 15) is 9.59 Å². The second kappa shape index (κ2) is 4.13. The molecule has 0 aliphatic rings. The van der Waals surface area contributed by atoms with Crippen molar-refractivity contribution in [1.82, 2.24) is 0 Å². The number of carboxylic acids is 1. The second-order valence-corrected chi connectivity index (χ2v) is 2.36. The Balaban J connectivity index is 3.07. The molecular formula is C8H7N3O3. The lowest BCUT2D eigenvalue weighted by atomic mass is 10.2. The number of azo groups is 1. The highest BCUT2D eigenvalue weighted by atomic mass is 16.4. The maximum absolute atomic E-state index is 10.6. The van der Waals surface area contributed by atoms with Gasteiger partial charge in [0.15, 0.2) is 0 Å². The lowest BCUT2D eigenvalue weighted by Crippen LogP contribution is -2.02. The molecule has 0 aromatic heterocycles. The number of nitrogens with zero attached hydrogens (tertiary/aromatic N) is 2. The van der Waals surface area contributed by atoms with Crippen molar-refractivity contribution in [2.75, 3.05) is 0 Å².